The molecule has 3 aromatic carbocycles. The Morgan fingerprint density at radius 1 is 1.03 bits per heavy atom. The minimum absolute atomic E-state index is 0.00339. The Morgan fingerprint density at radius 3 is 2.33 bits per heavy atom. The number of halogens is 1. The monoisotopic (exact) mass is 546 g/mol. The number of hydrazine groups is 1. The fraction of sp³-hybridized carbons (Fsp3) is 0.207. The van der Waals surface area contributed by atoms with E-state index in [1.165, 1.54) is 30.3 Å². The van der Waals surface area contributed by atoms with Crippen LogP contribution in [0.25, 0.3) is 0 Å². The first-order valence-corrected chi connectivity index (χ1v) is 12.3. The van der Waals surface area contributed by atoms with Crippen molar-refractivity contribution >= 4 is 47.0 Å². The molecule has 9 nitrogen and oxygen atoms in total. The molecule has 1 atom stereocenters. The van der Waals surface area contributed by atoms with E-state index in [-0.39, 0.29) is 40.2 Å². The molecule has 3 rings (SSSR count). The lowest BCUT2D eigenvalue weighted by atomic mass is 10.0. The van der Waals surface area contributed by atoms with Crippen LogP contribution in [0, 0.1) is 11.3 Å². The maximum Gasteiger partial charge on any atom is 0.340 e. The van der Waals surface area contributed by atoms with Crippen LogP contribution in [0.3, 0.4) is 0 Å². The number of para-hydroxylation sites is 1. The van der Waals surface area contributed by atoms with Gasteiger partial charge in [0.2, 0.25) is 12.2 Å². The minimum atomic E-state index is -1.28. The fourth-order valence-electron chi connectivity index (χ4n) is 3.61. The molecular weight excluding hydrogens is 520 g/mol. The Morgan fingerprint density at radius 2 is 1.69 bits per heavy atom. The zero-order valence-corrected chi connectivity index (χ0v) is 22.4. The number of amides is 2. The normalized spacial score (nSPS) is 11.5. The number of hydrogen-bond donors (Lipinski definition) is 2. The quantitative estimate of drug-likeness (QED) is 0.171. The number of carbonyl (C=O) groups excluding carboxylic acids is 4. The third-order valence-corrected chi connectivity index (χ3v) is 5.69. The van der Waals surface area contributed by atoms with Crippen LogP contribution in [-0.4, -0.2) is 40.7 Å². The molecule has 0 fully saturated rings. The summed E-state index contributed by atoms with van der Waals surface area (Å²) in [7, 11) is 0. The highest BCUT2D eigenvalue weighted by Gasteiger charge is 2.32. The van der Waals surface area contributed by atoms with Crippen molar-refractivity contribution in [2.24, 2.45) is 0 Å². The summed E-state index contributed by atoms with van der Waals surface area (Å²) >= 11 is 6.28. The summed E-state index contributed by atoms with van der Waals surface area (Å²) in [5, 5.41) is 13.0. The first kappa shape index (κ1) is 28.9. The molecular formula is C29H27ClN4O5. The molecule has 2 N–H and O–H groups in total. The Bertz CT molecular complexity index is 1410. The first-order chi connectivity index (χ1) is 18.5. The molecule has 200 valence electrons. The Hall–Kier alpha value is -4.68. The van der Waals surface area contributed by atoms with Gasteiger partial charge >= 0.3 is 11.9 Å². The molecule has 0 saturated carbocycles. The van der Waals surface area contributed by atoms with Gasteiger partial charge in [-0.15, -0.1) is 0 Å². The van der Waals surface area contributed by atoms with E-state index >= 15 is 0 Å². The van der Waals surface area contributed by atoms with E-state index < -0.39 is 29.4 Å². The molecule has 3 aromatic rings. The number of anilines is 2. The van der Waals surface area contributed by atoms with Gasteiger partial charge in [-0.1, -0.05) is 54.1 Å². The number of rotatable bonds is 9. The van der Waals surface area contributed by atoms with Crippen molar-refractivity contribution in [3.63, 3.8) is 0 Å². The number of nitrogens with zero attached hydrogens (tertiary/aromatic N) is 2. The van der Waals surface area contributed by atoms with E-state index in [0.29, 0.717) is 5.56 Å². The molecule has 0 aliphatic rings. The van der Waals surface area contributed by atoms with Crippen molar-refractivity contribution in [2.75, 3.05) is 10.7 Å². The maximum absolute atomic E-state index is 13.7. The lowest BCUT2D eigenvalue weighted by Crippen LogP contribution is -2.52. The number of ether oxygens (including phenoxy) is 1. The van der Waals surface area contributed by atoms with Crippen LogP contribution in [0.4, 0.5) is 11.4 Å². The molecule has 0 radical (unpaired) electrons. The van der Waals surface area contributed by atoms with Gasteiger partial charge in [0.15, 0.2) is 0 Å². The first-order valence-electron chi connectivity index (χ1n) is 11.9. The van der Waals surface area contributed by atoms with Gasteiger partial charge in [-0.3, -0.25) is 19.8 Å². The summed E-state index contributed by atoms with van der Waals surface area (Å²) in [6, 6.07) is 20.2. The molecule has 0 bridgehead atoms. The topological polar surface area (TPSA) is 129 Å². The van der Waals surface area contributed by atoms with E-state index in [0.717, 1.165) is 5.01 Å². The summed E-state index contributed by atoms with van der Waals surface area (Å²) in [6.45, 7) is 5.18. The Kier molecular flexibility index (Phi) is 9.42. The predicted molar refractivity (Wildman–Crippen MR) is 147 cm³/mol. The average molecular weight is 547 g/mol. The van der Waals surface area contributed by atoms with Crippen LogP contribution in [-0.2, 0) is 25.5 Å². The molecule has 10 heteroatoms. The predicted octanol–water partition coefficient (Wildman–Crippen LogP) is 4.77. The van der Waals surface area contributed by atoms with Gasteiger partial charge in [0.1, 0.15) is 11.6 Å². The maximum atomic E-state index is 13.7. The largest absolute Gasteiger partial charge is 0.456 e. The number of nitrogens with one attached hydrogen (secondary N) is 2. The van der Waals surface area contributed by atoms with Gasteiger partial charge in [-0.25, -0.2) is 9.80 Å². The second-order valence-corrected chi connectivity index (χ2v) is 9.89. The van der Waals surface area contributed by atoms with Crippen LogP contribution in [0.5, 0.6) is 0 Å². The third-order valence-electron chi connectivity index (χ3n) is 5.36. The van der Waals surface area contributed by atoms with E-state index in [4.69, 9.17) is 16.3 Å². The van der Waals surface area contributed by atoms with Gasteiger partial charge in [-0.2, -0.15) is 5.26 Å². The molecule has 0 heterocycles. The van der Waals surface area contributed by atoms with Gasteiger partial charge in [0, 0.05) is 6.42 Å². The van der Waals surface area contributed by atoms with Crippen LogP contribution >= 0.6 is 11.6 Å². The summed E-state index contributed by atoms with van der Waals surface area (Å²) < 4.78 is 5.46. The number of aldehydes is 1. The fourth-order valence-corrected chi connectivity index (χ4v) is 3.77. The van der Waals surface area contributed by atoms with Crippen molar-refractivity contribution < 1.29 is 23.9 Å². The molecule has 0 aliphatic carbocycles. The number of benzene rings is 3. The molecule has 1 unspecified atom stereocenters. The molecule has 39 heavy (non-hydrogen) atoms. The van der Waals surface area contributed by atoms with Crippen LogP contribution < -0.4 is 10.7 Å². The summed E-state index contributed by atoms with van der Waals surface area (Å²) in [4.78, 5) is 51.0. The van der Waals surface area contributed by atoms with Crippen LogP contribution in [0.15, 0.2) is 72.8 Å². The van der Waals surface area contributed by atoms with Gasteiger partial charge in [0.05, 0.1) is 33.6 Å². The minimum Gasteiger partial charge on any atom is -0.456 e. The van der Waals surface area contributed by atoms with E-state index in [1.54, 1.807) is 63.2 Å². The highest BCUT2D eigenvalue weighted by Crippen LogP contribution is 2.26. The van der Waals surface area contributed by atoms with E-state index in [9.17, 15) is 24.4 Å². The lowest BCUT2D eigenvalue weighted by molar-refractivity contribution is -0.141. The molecule has 0 aliphatic heterocycles. The highest BCUT2D eigenvalue weighted by atomic mass is 35.5. The van der Waals surface area contributed by atoms with Crippen molar-refractivity contribution in [3.05, 3.63) is 94.5 Å². The molecule has 0 saturated heterocycles. The SMILES string of the molecule is CC(C)(C)OC(=O)c1ccccc1NC(=O)C(Cc1ccccc1)N(Nc1cc(C#N)ccc1Cl)C(=O)C=O. The second kappa shape index (κ2) is 12.7. The summed E-state index contributed by atoms with van der Waals surface area (Å²) in [5.41, 5.74) is 3.35. The van der Waals surface area contributed by atoms with Gasteiger partial charge in [0.25, 0.3) is 0 Å². The van der Waals surface area contributed by atoms with Crippen molar-refractivity contribution in [2.45, 2.75) is 38.8 Å². The van der Waals surface area contributed by atoms with E-state index in [1.807, 2.05) is 6.07 Å². The summed E-state index contributed by atoms with van der Waals surface area (Å²) in [6.07, 6.45) is 0.0678. The Labute approximate surface area is 231 Å². The number of carbonyl (C=O) groups is 4. The molecule has 0 aromatic heterocycles. The third kappa shape index (κ3) is 7.90. The van der Waals surface area contributed by atoms with Crippen molar-refractivity contribution in [1.82, 2.24) is 5.01 Å². The van der Waals surface area contributed by atoms with Gasteiger partial charge < -0.3 is 10.1 Å². The zero-order valence-electron chi connectivity index (χ0n) is 21.6. The second-order valence-electron chi connectivity index (χ2n) is 9.49. The van der Waals surface area contributed by atoms with Crippen LogP contribution in [0.1, 0.15) is 42.3 Å². The summed E-state index contributed by atoms with van der Waals surface area (Å²) in [5.74, 6) is -2.38. The zero-order chi connectivity index (χ0) is 28.6. The van der Waals surface area contributed by atoms with Gasteiger partial charge in [-0.05, 0) is 56.7 Å². The smallest absolute Gasteiger partial charge is 0.340 e. The number of hydrogen-bond acceptors (Lipinski definition) is 7. The molecule has 2 amide bonds. The van der Waals surface area contributed by atoms with Crippen molar-refractivity contribution in [1.29, 1.82) is 5.26 Å². The standard InChI is InChI=1S/C29H27ClN4O5/c1-29(2,3)39-28(38)21-11-7-8-12-23(21)32-27(37)25(16-19-9-5-4-6-10-19)34(26(36)18-35)33-24-15-20(17-31)13-14-22(24)30/h4-15,18,25,33H,16H2,1-3H3,(H,32,37). The highest BCUT2D eigenvalue weighted by molar-refractivity contribution is 6.33. The van der Waals surface area contributed by atoms with Crippen LogP contribution in [0.2, 0.25) is 5.02 Å². The Balaban J connectivity index is 2.02. The lowest BCUT2D eigenvalue weighted by Gasteiger charge is -2.31. The number of nitriles is 1. The van der Waals surface area contributed by atoms with Crippen molar-refractivity contribution in [3.8, 4) is 6.07 Å². The van der Waals surface area contributed by atoms with E-state index in [2.05, 4.69) is 10.7 Å². The average Bonchev–Trinajstić information content (AvgIpc) is 2.91. The molecule has 0 spiro atoms. The number of esters is 1.